The van der Waals surface area contributed by atoms with Gasteiger partial charge in [0.1, 0.15) is 0 Å². The molecule has 0 aliphatic rings. The van der Waals surface area contributed by atoms with Crippen LogP contribution in [0.2, 0.25) is 5.02 Å². The van der Waals surface area contributed by atoms with E-state index in [0.29, 0.717) is 17.1 Å². The van der Waals surface area contributed by atoms with Crippen LogP contribution >= 0.6 is 11.6 Å². The van der Waals surface area contributed by atoms with Crippen molar-refractivity contribution in [1.29, 1.82) is 0 Å². The third kappa shape index (κ3) is 4.63. The number of aliphatic hydroxyl groups is 1. The molecule has 94 valence electrons. The molecule has 0 saturated heterocycles. The molecule has 17 heavy (non-hydrogen) atoms. The highest BCUT2D eigenvalue weighted by Gasteiger charge is 2.08. The SMILES string of the molecule is Cc1ccc(Cl)c(NC(=O)N[C@H](C)CCO)c1. The summed E-state index contributed by atoms with van der Waals surface area (Å²) in [5.41, 5.74) is 1.61. The van der Waals surface area contributed by atoms with Crippen LogP contribution in [0.5, 0.6) is 0 Å². The molecular formula is C12H17ClN2O2. The standard InChI is InChI=1S/C12H17ClN2O2/c1-8-3-4-10(13)11(7-8)15-12(17)14-9(2)5-6-16/h3-4,7,9,16H,5-6H2,1-2H3,(H2,14,15,17)/t9-/m1/s1. The minimum atomic E-state index is -0.321. The fraction of sp³-hybridized carbons (Fsp3) is 0.417. The van der Waals surface area contributed by atoms with Crippen LogP contribution < -0.4 is 10.6 Å². The van der Waals surface area contributed by atoms with Crippen molar-refractivity contribution in [2.45, 2.75) is 26.3 Å². The summed E-state index contributed by atoms with van der Waals surface area (Å²) in [5, 5.41) is 14.6. The van der Waals surface area contributed by atoms with Crippen molar-refractivity contribution in [1.82, 2.24) is 5.32 Å². The molecule has 0 aliphatic carbocycles. The number of carbonyl (C=O) groups is 1. The molecule has 0 heterocycles. The van der Waals surface area contributed by atoms with Gasteiger partial charge in [-0.25, -0.2) is 4.79 Å². The number of hydrogen-bond acceptors (Lipinski definition) is 2. The Kier molecular flexibility index (Phi) is 5.25. The zero-order valence-electron chi connectivity index (χ0n) is 9.96. The molecule has 1 rings (SSSR count). The van der Waals surface area contributed by atoms with Crippen LogP contribution in [0.25, 0.3) is 0 Å². The second-order valence-corrected chi connectivity index (χ2v) is 4.40. The molecule has 0 saturated carbocycles. The van der Waals surface area contributed by atoms with Crippen molar-refractivity contribution in [3.05, 3.63) is 28.8 Å². The molecule has 0 bridgehead atoms. The lowest BCUT2D eigenvalue weighted by Gasteiger charge is -2.14. The number of nitrogens with one attached hydrogen (secondary N) is 2. The van der Waals surface area contributed by atoms with Gasteiger partial charge < -0.3 is 15.7 Å². The molecule has 2 amide bonds. The Morgan fingerprint density at radius 3 is 2.88 bits per heavy atom. The number of amides is 2. The van der Waals surface area contributed by atoms with Gasteiger partial charge in [0.25, 0.3) is 0 Å². The summed E-state index contributed by atoms with van der Waals surface area (Å²) in [6, 6.07) is 5.02. The first kappa shape index (κ1) is 13.8. The Bertz CT molecular complexity index is 396. The van der Waals surface area contributed by atoms with Crippen LogP contribution in [0, 0.1) is 6.92 Å². The molecule has 3 N–H and O–H groups in total. The third-order valence-corrected chi connectivity index (χ3v) is 2.64. The topological polar surface area (TPSA) is 61.4 Å². The van der Waals surface area contributed by atoms with Crippen molar-refractivity contribution < 1.29 is 9.90 Å². The summed E-state index contributed by atoms with van der Waals surface area (Å²) in [6.45, 7) is 3.80. The highest BCUT2D eigenvalue weighted by Crippen LogP contribution is 2.22. The van der Waals surface area contributed by atoms with Crippen LogP contribution in [0.15, 0.2) is 18.2 Å². The summed E-state index contributed by atoms with van der Waals surface area (Å²) in [4.78, 5) is 11.6. The molecule has 0 radical (unpaired) electrons. The number of carbonyl (C=O) groups excluding carboxylic acids is 1. The Balaban J connectivity index is 2.58. The van der Waals surface area contributed by atoms with Crippen LogP contribution in [0.3, 0.4) is 0 Å². The predicted octanol–water partition coefficient (Wildman–Crippen LogP) is 2.54. The van der Waals surface area contributed by atoms with Gasteiger partial charge in [0.2, 0.25) is 0 Å². The van der Waals surface area contributed by atoms with E-state index in [0.717, 1.165) is 5.56 Å². The van der Waals surface area contributed by atoms with Gasteiger partial charge >= 0.3 is 6.03 Å². The van der Waals surface area contributed by atoms with Gasteiger partial charge in [-0.3, -0.25) is 0 Å². The molecule has 0 aromatic heterocycles. The maximum absolute atomic E-state index is 11.6. The van der Waals surface area contributed by atoms with Crippen LogP contribution in [0.4, 0.5) is 10.5 Å². The lowest BCUT2D eigenvalue weighted by atomic mass is 10.2. The van der Waals surface area contributed by atoms with Crippen LogP contribution in [-0.4, -0.2) is 23.8 Å². The first-order chi connectivity index (χ1) is 8.02. The lowest BCUT2D eigenvalue weighted by molar-refractivity contribution is 0.241. The largest absolute Gasteiger partial charge is 0.396 e. The number of urea groups is 1. The van der Waals surface area contributed by atoms with E-state index in [-0.39, 0.29) is 18.7 Å². The number of rotatable bonds is 4. The van der Waals surface area contributed by atoms with E-state index in [9.17, 15) is 4.79 Å². The summed E-state index contributed by atoms with van der Waals surface area (Å²) in [6.07, 6.45) is 0.523. The first-order valence-corrected chi connectivity index (χ1v) is 5.85. The van der Waals surface area contributed by atoms with E-state index in [1.165, 1.54) is 0 Å². The maximum Gasteiger partial charge on any atom is 0.319 e. The zero-order chi connectivity index (χ0) is 12.8. The van der Waals surface area contributed by atoms with Gasteiger partial charge in [-0.05, 0) is 38.0 Å². The molecule has 5 heteroatoms. The van der Waals surface area contributed by atoms with Gasteiger partial charge in [-0.2, -0.15) is 0 Å². The number of halogens is 1. The van der Waals surface area contributed by atoms with E-state index in [4.69, 9.17) is 16.7 Å². The number of anilines is 1. The Labute approximate surface area is 106 Å². The molecule has 1 aromatic rings. The molecule has 1 aromatic carbocycles. The molecule has 0 spiro atoms. The molecule has 0 fully saturated rings. The molecule has 0 aliphatic heterocycles. The van der Waals surface area contributed by atoms with E-state index in [1.54, 1.807) is 12.1 Å². The van der Waals surface area contributed by atoms with Gasteiger partial charge in [-0.1, -0.05) is 17.7 Å². The molecule has 1 atom stereocenters. The van der Waals surface area contributed by atoms with Crippen molar-refractivity contribution in [3.8, 4) is 0 Å². The van der Waals surface area contributed by atoms with Crippen molar-refractivity contribution in [2.24, 2.45) is 0 Å². The minimum absolute atomic E-state index is 0.0483. The average molecular weight is 257 g/mol. The Morgan fingerprint density at radius 2 is 2.24 bits per heavy atom. The molecular weight excluding hydrogens is 240 g/mol. The normalized spacial score (nSPS) is 12.0. The second kappa shape index (κ2) is 6.47. The zero-order valence-corrected chi connectivity index (χ0v) is 10.7. The highest BCUT2D eigenvalue weighted by molar-refractivity contribution is 6.33. The summed E-state index contributed by atoms with van der Waals surface area (Å²) >= 11 is 5.96. The second-order valence-electron chi connectivity index (χ2n) is 4.00. The van der Waals surface area contributed by atoms with Crippen molar-refractivity contribution in [2.75, 3.05) is 11.9 Å². The van der Waals surface area contributed by atoms with E-state index in [1.807, 2.05) is 19.9 Å². The smallest absolute Gasteiger partial charge is 0.319 e. The van der Waals surface area contributed by atoms with E-state index in [2.05, 4.69) is 10.6 Å². The Morgan fingerprint density at radius 1 is 1.53 bits per heavy atom. The highest BCUT2D eigenvalue weighted by atomic mass is 35.5. The third-order valence-electron chi connectivity index (χ3n) is 2.31. The van der Waals surface area contributed by atoms with Gasteiger partial charge in [-0.15, -0.1) is 0 Å². The van der Waals surface area contributed by atoms with Gasteiger partial charge in [0, 0.05) is 12.6 Å². The summed E-state index contributed by atoms with van der Waals surface area (Å²) < 4.78 is 0. The van der Waals surface area contributed by atoms with Gasteiger partial charge in [0.15, 0.2) is 0 Å². The predicted molar refractivity (Wildman–Crippen MR) is 69.5 cm³/mol. The fourth-order valence-corrected chi connectivity index (χ4v) is 1.55. The fourth-order valence-electron chi connectivity index (χ4n) is 1.38. The Hall–Kier alpha value is -1.26. The monoisotopic (exact) mass is 256 g/mol. The quantitative estimate of drug-likeness (QED) is 0.775. The molecule has 0 unspecified atom stereocenters. The number of hydrogen-bond donors (Lipinski definition) is 3. The minimum Gasteiger partial charge on any atom is -0.396 e. The van der Waals surface area contributed by atoms with Crippen molar-refractivity contribution in [3.63, 3.8) is 0 Å². The number of aliphatic hydroxyl groups excluding tert-OH is 1. The van der Waals surface area contributed by atoms with Crippen LogP contribution in [-0.2, 0) is 0 Å². The average Bonchev–Trinajstić information content (AvgIpc) is 2.23. The summed E-state index contributed by atoms with van der Waals surface area (Å²) in [5.74, 6) is 0. The van der Waals surface area contributed by atoms with E-state index < -0.39 is 0 Å². The van der Waals surface area contributed by atoms with E-state index >= 15 is 0 Å². The van der Waals surface area contributed by atoms with Crippen molar-refractivity contribution >= 4 is 23.3 Å². The number of aryl methyl sites for hydroxylation is 1. The lowest BCUT2D eigenvalue weighted by Crippen LogP contribution is -2.36. The van der Waals surface area contributed by atoms with Gasteiger partial charge in [0.05, 0.1) is 10.7 Å². The van der Waals surface area contributed by atoms with Crippen LogP contribution in [0.1, 0.15) is 18.9 Å². The number of benzene rings is 1. The summed E-state index contributed by atoms with van der Waals surface area (Å²) in [7, 11) is 0. The molecule has 4 nitrogen and oxygen atoms in total. The maximum atomic E-state index is 11.6. The first-order valence-electron chi connectivity index (χ1n) is 5.47.